The Labute approximate surface area is 194 Å². The number of halogens is 2. The van der Waals surface area contributed by atoms with Gasteiger partial charge in [-0.15, -0.1) is 0 Å². The predicted molar refractivity (Wildman–Crippen MR) is 122 cm³/mol. The van der Waals surface area contributed by atoms with Crippen molar-refractivity contribution in [2.24, 2.45) is 0 Å². The highest BCUT2D eigenvalue weighted by Crippen LogP contribution is 2.31. The molecule has 1 amide bonds. The third-order valence-corrected chi connectivity index (χ3v) is 5.74. The minimum absolute atomic E-state index is 0.0478. The molecule has 0 bridgehead atoms. The quantitative estimate of drug-likeness (QED) is 0.596. The molecule has 0 aliphatic carbocycles. The average molecular weight is 475 g/mol. The minimum Gasteiger partial charge on any atom is -0.372 e. The number of carbonyl (C=O) groups excluding carboxylic acids is 1. The van der Waals surface area contributed by atoms with Crippen LogP contribution in [0.5, 0.6) is 0 Å². The van der Waals surface area contributed by atoms with E-state index in [1.807, 2.05) is 13.8 Å². The molecule has 0 unspecified atom stereocenters. The van der Waals surface area contributed by atoms with Gasteiger partial charge in [0, 0.05) is 31.0 Å². The Morgan fingerprint density at radius 3 is 2.58 bits per heavy atom. The topological polar surface area (TPSA) is 113 Å². The van der Waals surface area contributed by atoms with E-state index in [1.54, 1.807) is 18.7 Å². The lowest BCUT2D eigenvalue weighted by Gasteiger charge is -2.35. The summed E-state index contributed by atoms with van der Waals surface area (Å²) >= 11 is 6.32. The van der Waals surface area contributed by atoms with Crippen molar-refractivity contribution in [3.8, 4) is 0 Å². The molecule has 174 valence electrons. The molecule has 0 saturated carbocycles. The maximum atomic E-state index is 15.2. The number of carbonyl (C=O) groups is 1. The SMILES string of the molecule is Cc1nc2cc(Cl)c([C@H](C)Nc3ncc(C(=O)N4C[C@@H](C)O[C@@H](C)C4)cn3)c(F)c2c(=O)[nH]1. The van der Waals surface area contributed by atoms with Gasteiger partial charge in [0.25, 0.3) is 11.5 Å². The number of hydrogen-bond donors (Lipinski definition) is 2. The van der Waals surface area contributed by atoms with Gasteiger partial charge in [0.2, 0.25) is 5.95 Å². The molecule has 3 heterocycles. The molecule has 1 aliphatic rings. The second kappa shape index (κ2) is 9.03. The number of fused-ring (bicyclic) bond motifs is 1. The van der Waals surface area contributed by atoms with E-state index >= 15 is 4.39 Å². The number of H-pyrrole nitrogens is 1. The van der Waals surface area contributed by atoms with Gasteiger partial charge in [0.05, 0.1) is 34.4 Å². The van der Waals surface area contributed by atoms with E-state index < -0.39 is 17.4 Å². The Bertz CT molecular complexity index is 1260. The smallest absolute Gasteiger partial charge is 0.261 e. The van der Waals surface area contributed by atoms with Gasteiger partial charge in [0.15, 0.2) is 0 Å². The summed E-state index contributed by atoms with van der Waals surface area (Å²) in [5.41, 5.74) is 0.0457. The van der Waals surface area contributed by atoms with Crippen LogP contribution in [-0.2, 0) is 4.74 Å². The fourth-order valence-corrected chi connectivity index (χ4v) is 4.41. The number of rotatable bonds is 4. The van der Waals surface area contributed by atoms with Crippen LogP contribution in [0.3, 0.4) is 0 Å². The number of aromatic amines is 1. The van der Waals surface area contributed by atoms with Crippen molar-refractivity contribution in [3.05, 3.63) is 56.6 Å². The highest BCUT2D eigenvalue weighted by Gasteiger charge is 2.27. The highest BCUT2D eigenvalue weighted by molar-refractivity contribution is 6.32. The number of aryl methyl sites for hydroxylation is 1. The highest BCUT2D eigenvalue weighted by atomic mass is 35.5. The molecule has 1 aliphatic heterocycles. The Morgan fingerprint density at radius 1 is 1.30 bits per heavy atom. The van der Waals surface area contributed by atoms with Gasteiger partial charge >= 0.3 is 0 Å². The van der Waals surface area contributed by atoms with Crippen molar-refractivity contribution in [1.29, 1.82) is 0 Å². The number of morpholine rings is 1. The summed E-state index contributed by atoms with van der Waals surface area (Å²) < 4.78 is 20.9. The van der Waals surface area contributed by atoms with Crippen LogP contribution in [-0.4, -0.2) is 56.0 Å². The Morgan fingerprint density at radius 2 is 1.94 bits per heavy atom. The molecule has 2 N–H and O–H groups in total. The van der Waals surface area contributed by atoms with Crippen molar-refractivity contribution in [2.75, 3.05) is 18.4 Å². The third kappa shape index (κ3) is 4.67. The van der Waals surface area contributed by atoms with Gasteiger partial charge in [-0.05, 0) is 33.8 Å². The number of amides is 1. The van der Waals surface area contributed by atoms with Crippen LogP contribution in [0.1, 0.15) is 48.6 Å². The number of benzene rings is 1. The van der Waals surface area contributed by atoms with Crippen LogP contribution in [0.25, 0.3) is 10.9 Å². The molecule has 3 atom stereocenters. The first-order valence-corrected chi connectivity index (χ1v) is 10.9. The number of nitrogens with zero attached hydrogens (tertiary/aromatic N) is 4. The van der Waals surface area contributed by atoms with Crippen molar-refractivity contribution < 1.29 is 13.9 Å². The first-order chi connectivity index (χ1) is 15.6. The molecular formula is C22H24ClFN6O3. The minimum atomic E-state index is -0.756. The molecule has 1 saturated heterocycles. The zero-order valence-electron chi connectivity index (χ0n) is 18.6. The second-order valence-electron chi connectivity index (χ2n) is 8.26. The van der Waals surface area contributed by atoms with Crippen LogP contribution in [0.2, 0.25) is 5.02 Å². The summed E-state index contributed by atoms with van der Waals surface area (Å²) in [7, 11) is 0. The number of nitrogens with one attached hydrogen (secondary N) is 2. The summed E-state index contributed by atoms with van der Waals surface area (Å²) in [5.74, 6) is -0.379. The summed E-state index contributed by atoms with van der Waals surface area (Å²) in [6.45, 7) is 8.11. The lowest BCUT2D eigenvalue weighted by Crippen LogP contribution is -2.48. The maximum absolute atomic E-state index is 15.2. The van der Waals surface area contributed by atoms with Crippen LogP contribution >= 0.6 is 11.6 Å². The van der Waals surface area contributed by atoms with Crippen LogP contribution in [0.4, 0.5) is 10.3 Å². The van der Waals surface area contributed by atoms with Gasteiger partial charge in [-0.25, -0.2) is 19.3 Å². The van der Waals surface area contributed by atoms with Gasteiger partial charge in [-0.2, -0.15) is 0 Å². The van der Waals surface area contributed by atoms with Gasteiger partial charge in [-0.1, -0.05) is 11.6 Å². The van der Waals surface area contributed by atoms with Gasteiger partial charge < -0.3 is 19.9 Å². The fraction of sp³-hybridized carbons (Fsp3) is 0.409. The van der Waals surface area contributed by atoms with Gasteiger partial charge in [0.1, 0.15) is 17.0 Å². The molecule has 1 aromatic carbocycles. The van der Waals surface area contributed by atoms with Crippen LogP contribution < -0.4 is 10.9 Å². The number of hydrogen-bond acceptors (Lipinski definition) is 7. The second-order valence-corrected chi connectivity index (χ2v) is 8.67. The summed E-state index contributed by atoms with van der Waals surface area (Å²) in [5, 5.41) is 2.93. The maximum Gasteiger partial charge on any atom is 0.261 e. The summed E-state index contributed by atoms with van der Waals surface area (Å²) in [4.78, 5) is 41.8. The predicted octanol–water partition coefficient (Wildman–Crippen LogP) is 3.24. The molecule has 4 rings (SSSR count). The van der Waals surface area contributed by atoms with Crippen molar-refractivity contribution >= 4 is 34.4 Å². The van der Waals surface area contributed by atoms with E-state index in [2.05, 4.69) is 25.3 Å². The Balaban J connectivity index is 1.55. The molecule has 2 aromatic heterocycles. The molecule has 3 aromatic rings. The number of aromatic nitrogens is 4. The number of anilines is 1. The summed E-state index contributed by atoms with van der Waals surface area (Å²) in [6.07, 6.45) is 2.75. The van der Waals surface area contributed by atoms with Crippen LogP contribution in [0, 0.1) is 12.7 Å². The fourth-order valence-electron chi connectivity index (χ4n) is 4.06. The zero-order chi connectivity index (χ0) is 23.9. The molecule has 9 nitrogen and oxygen atoms in total. The van der Waals surface area contributed by atoms with E-state index in [-0.39, 0.29) is 45.6 Å². The standard InChI is InChI=1S/C22H24ClFN6O3/c1-10-8-30(9-11(2)33-10)21(32)14-6-25-22(26-7-14)27-12(3)17-15(23)5-16-18(19(17)24)20(31)29-13(4)28-16/h5-7,10-12H,8-9H2,1-4H3,(H,25,26,27)(H,28,29,31)/t10-,11+,12-/m0/s1. The van der Waals surface area contributed by atoms with E-state index in [0.29, 0.717) is 24.5 Å². The first kappa shape index (κ1) is 23.1. The lowest BCUT2D eigenvalue weighted by atomic mass is 10.0. The van der Waals surface area contributed by atoms with Crippen molar-refractivity contribution in [3.63, 3.8) is 0 Å². The average Bonchev–Trinajstić information content (AvgIpc) is 2.72. The number of ether oxygens (including phenoxy) is 1. The zero-order valence-corrected chi connectivity index (χ0v) is 19.4. The molecule has 33 heavy (non-hydrogen) atoms. The lowest BCUT2D eigenvalue weighted by molar-refractivity contribution is -0.0586. The largest absolute Gasteiger partial charge is 0.372 e. The molecule has 11 heteroatoms. The van der Waals surface area contributed by atoms with E-state index in [0.717, 1.165) is 0 Å². The monoisotopic (exact) mass is 474 g/mol. The third-order valence-electron chi connectivity index (χ3n) is 5.43. The van der Waals surface area contributed by atoms with E-state index in [9.17, 15) is 9.59 Å². The summed E-state index contributed by atoms with van der Waals surface area (Å²) in [6, 6.07) is 0.799. The molecule has 0 spiro atoms. The van der Waals surface area contributed by atoms with E-state index in [1.165, 1.54) is 18.5 Å². The van der Waals surface area contributed by atoms with Crippen LogP contribution in [0.15, 0.2) is 23.3 Å². The first-order valence-electron chi connectivity index (χ1n) is 10.6. The van der Waals surface area contributed by atoms with Crippen molar-refractivity contribution in [1.82, 2.24) is 24.8 Å². The van der Waals surface area contributed by atoms with Gasteiger partial charge in [-0.3, -0.25) is 9.59 Å². The van der Waals surface area contributed by atoms with E-state index in [4.69, 9.17) is 16.3 Å². The molecule has 0 radical (unpaired) electrons. The molecular weight excluding hydrogens is 451 g/mol. The van der Waals surface area contributed by atoms with Crippen molar-refractivity contribution in [2.45, 2.75) is 45.9 Å². The molecule has 1 fully saturated rings. The Kier molecular flexibility index (Phi) is 6.31. The Hall–Kier alpha value is -3.11. The normalized spacial score (nSPS) is 19.5.